The molecule has 0 fully saturated rings. The van der Waals surface area contributed by atoms with Crippen molar-refractivity contribution >= 4 is 9.84 Å². The lowest BCUT2D eigenvalue weighted by Gasteiger charge is -2.23. The van der Waals surface area contributed by atoms with E-state index in [9.17, 15) is 13.5 Å². The summed E-state index contributed by atoms with van der Waals surface area (Å²) in [4.78, 5) is 0. The van der Waals surface area contributed by atoms with Crippen LogP contribution in [-0.2, 0) is 9.84 Å². The first kappa shape index (κ1) is 14.2. The van der Waals surface area contributed by atoms with Gasteiger partial charge in [0, 0.05) is 11.8 Å². The normalized spacial score (nSPS) is 15.5. The molecular weight excluding hydrogens is 238 g/mol. The molecule has 0 aliphatic carbocycles. The summed E-state index contributed by atoms with van der Waals surface area (Å²) in [6.45, 7) is 2.98. The van der Waals surface area contributed by atoms with E-state index in [2.05, 4.69) is 0 Å². The van der Waals surface area contributed by atoms with Gasteiger partial charge in [0.1, 0.15) is 5.25 Å². The van der Waals surface area contributed by atoms with Crippen molar-refractivity contribution in [2.75, 3.05) is 12.4 Å². The van der Waals surface area contributed by atoms with Crippen molar-refractivity contribution in [1.29, 1.82) is 0 Å². The molecule has 0 saturated heterocycles. The molecule has 0 bridgehead atoms. The van der Waals surface area contributed by atoms with Crippen molar-refractivity contribution in [3.8, 4) is 0 Å². The predicted molar refractivity (Wildman–Crippen MR) is 68.4 cm³/mol. The summed E-state index contributed by atoms with van der Waals surface area (Å²) in [5.74, 6) is -0.0161. The first-order chi connectivity index (χ1) is 7.94. The third-order valence-corrected chi connectivity index (χ3v) is 5.16. The third-order valence-electron chi connectivity index (χ3n) is 2.99. The molecule has 0 amide bonds. The largest absolute Gasteiger partial charge is 0.395 e. The zero-order valence-corrected chi connectivity index (χ0v) is 10.9. The zero-order valence-electron chi connectivity index (χ0n) is 10.1. The molecule has 17 heavy (non-hydrogen) atoms. The Bertz CT molecular complexity index is 470. The Labute approximate surface area is 102 Å². The van der Waals surface area contributed by atoms with Crippen molar-refractivity contribution in [1.82, 2.24) is 0 Å². The molecule has 0 radical (unpaired) electrons. The molecule has 3 N–H and O–H groups in total. The number of hydrogen-bond acceptors (Lipinski definition) is 4. The van der Waals surface area contributed by atoms with Crippen LogP contribution in [0.4, 0.5) is 0 Å². The standard InChI is InChI=1S/C12H19NO3S/c1-3-17(15,16)11(8-14)12(13)10-7-5-4-6-9(10)2/h4-7,11-12,14H,3,8,13H2,1-2H3. The Kier molecular flexibility index (Phi) is 4.68. The van der Waals surface area contributed by atoms with Crippen molar-refractivity contribution in [3.63, 3.8) is 0 Å². The monoisotopic (exact) mass is 257 g/mol. The highest BCUT2D eigenvalue weighted by molar-refractivity contribution is 7.92. The van der Waals surface area contributed by atoms with E-state index in [4.69, 9.17) is 5.73 Å². The fourth-order valence-corrected chi connectivity index (χ4v) is 3.07. The van der Waals surface area contributed by atoms with Gasteiger partial charge in [-0.15, -0.1) is 0 Å². The lowest BCUT2D eigenvalue weighted by atomic mass is 10.00. The quantitative estimate of drug-likeness (QED) is 0.817. The molecule has 0 saturated carbocycles. The van der Waals surface area contributed by atoms with E-state index in [0.29, 0.717) is 0 Å². The number of aliphatic hydroxyl groups is 1. The van der Waals surface area contributed by atoms with Crippen LogP contribution in [0.2, 0.25) is 0 Å². The van der Waals surface area contributed by atoms with Crippen LogP contribution in [0.3, 0.4) is 0 Å². The van der Waals surface area contributed by atoms with Gasteiger partial charge < -0.3 is 10.8 Å². The maximum Gasteiger partial charge on any atom is 0.157 e. The SMILES string of the molecule is CCS(=O)(=O)C(CO)C(N)c1ccccc1C. The molecule has 2 unspecified atom stereocenters. The van der Waals surface area contributed by atoms with E-state index >= 15 is 0 Å². The lowest BCUT2D eigenvalue weighted by molar-refractivity contribution is 0.277. The van der Waals surface area contributed by atoms with Crippen LogP contribution in [0.15, 0.2) is 24.3 Å². The van der Waals surface area contributed by atoms with Gasteiger partial charge in [0.2, 0.25) is 0 Å². The summed E-state index contributed by atoms with van der Waals surface area (Å²) >= 11 is 0. The van der Waals surface area contributed by atoms with Crippen LogP contribution < -0.4 is 5.73 Å². The maximum absolute atomic E-state index is 11.8. The fraction of sp³-hybridized carbons (Fsp3) is 0.500. The first-order valence-corrected chi connectivity index (χ1v) is 7.29. The highest BCUT2D eigenvalue weighted by Crippen LogP contribution is 2.23. The number of aliphatic hydroxyl groups excluding tert-OH is 1. The number of nitrogens with two attached hydrogens (primary N) is 1. The van der Waals surface area contributed by atoms with Crippen LogP contribution in [0.1, 0.15) is 24.1 Å². The van der Waals surface area contributed by atoms with Gasteiger partial charge in [-0.25, -0.2) is 8.42 Å². The minimum Gasteiger partial charge on any atom is -0.395 e. The maximum atomic E-state index is 11.8. The van der Waals surface area contributed by atoms with Crippen LogP contribution in [0.5, 0.6) is 0 Å². The van der Waals surface area contributed by atoms with Crippen molar-refractivity contribution in [3.05, 3.63) is 35.4 Å². The van der Waals surface area contributed by atoms with E-state index in [0.717, 1.165) is 11.1 Å². The molecule has 0 heterocycles. The third kappa shape index (κ3) is 3.06. The van der Waals surface area contributed by atoms with Gasteiger partial charge in [-0.2, -0.15) is 0 Å². The van der Waals surface area contributed by atoms with E-state index in [1.807, 2.05) is 25.1 Å². The number of benzene rings is 1. The second-order valence-corrected chi connectivity index (χ2v) is 6.56. The minimum absolute atomic E-state index is 0.0161. The highest BCUT2D eigenvalue weighted by atomic mass is 32.2. The summed E-state index contributed by atoms with van der Waals surface area (Å²) in [6.07, 6.45) is 0. The molecule has 5 heteroatoms. The summed E-state index contributed by atoms with van der Waals surface area (Å²) in [7, 11) is -3.35. The Morgan fingerprint density at radius 3 is 2.41 bits per heavy atom. The van der Waals surface area contributed by atoms with Crippen molar-refractivity contribution < 1.29 is 13.5 Å². The topological polar surface area (TPSA) is 80.4 Å². The molecule has 0 spiro atoms. The van der Waals surface area contributed by atoms with Crippen LogP contribution in [0, 0.1) is 6.92 Å². The Balaban J connectivity index is 3.11. The molecule has 4 nitrogen and oxygen atoms in total. The van der Waals surface area contributed by atoms with Gasteiger partial charge in [0.05, 0.1) is 6.61 Å². The van der Waals surface area contributed by atoms with E-state index in [-0.39, 0.29) is 5.75 Å². The Morgan fingerprint density at radius 2 is 1.94 bits per heavy atom. The van der Waals surface area contributed by atoms with Gasteiger partial charge in [0.25, 0.3) is 0 Å². The van der Waals surface area contributed by atoms with Crippen molar-refractivity contribution in [2.24, 2.45) is 5.73 Å². The minimum atomic E-state index is -3.35. The Morgan fingerprint density at radius 1 is 1.35 bits per heavy atom. The molecular formula is C12H19NO3S. The average molecular weight is 257 g/mol. The van der Waals surface area contributed by atoms with Gasteiger partial charge in [-0.3, -0.25) is 0 Å². The molecule has 1 aromatic rings. The van der Waals surface area contributed by atoms with Crippen LogP contribution in [0.25, 0.3) is 0 Å². The van der Waals surface area contributed by atoms with Crippen LogP contribution in [-0.4, -0.2) is 31.1 Å². The second-order valence-electron chi connectivity index (χ2n) is 4.05. The molecule has 0 aliphatic rings. The first-order valence-electron chi connectivity index (χ1n) is 5.57. The van der Waals surface area contributed by atoms with E-state index in [1.54, 1.807) is 13.0 Å². The number of aryl methyl sites for hydroxylation is 1. The smallest absolute Gasteiger partial charge is 0.157 e. The van der Waals surface area contributed by atoms with E-state index < -0.39 is 27.7 Å². The molecule has 1 aromatic carbocycles. The summed E-state index contributed by atoms with van der Waals surface area (Å²) in [5, 5.41) is 8.32. The fourth-order valence-electron chi connectivity index (χ4n) is 1.83. The van der Waals surface area contributed by atoms with E-state index in [1.165, 1.54) is 0 Å². The average Bonchev–Trinajstić information content (AvgIpc) is 2.30. The van der Waals surface area contributed by atoms with Crippen LogP contribution >= 0.6 is 0 Å². The summed E-state index contributed by atoms with van der Waals surface area (Å²) in [5.41, 5.74) is 7.68. The molecule has 0 aliphatic heterocycles. The molecule has 0 aromatic heterocycles. The molecule has 2 atom stereocenters. The highest BCUT2D eigenvalue weighted by Gasteiger charge is 2.30. The number of hydrogen-bond donors (Lipinski definition) is 2. The number of rotatable bonds is 5. The predicted octanol–water partition coefficient (Wildman–Crippen LogP) is 0.790. The summed E-state index contributed by atoms with van der Waals surface area (Å²) in [6, 6.07) is 6.67. The second kappa shape index (κ2) is 5.62. The van der Waals surface area contributed by atoms with Gasteiger partial charge in [-0.1, -0.05) is 31.2 Å². The number of sulfone groups is 1. The molecule has 96 valence electrons. The lowest BCUT2D eigenvalue weighted by Crippen LogP contribution is -2.37. The van der Waals surface area contributed by atoms with Crippen molar-refractivity contribution in [2.45, 2.75) is 25.1 Å². The molecule has 1 rings (SSSR count). The van der Waals surface area contributed by atoms with Gasteiger partial charge in [-0.05, 0) is 18.1 Å². The Hall–Kier alpha value is -0.910. The van der Waals surface area contributed by atoms with Gasteiger partial charge in [0.15, 0.2) is 9.84 Å². The summed E-state index contributed by atoms with van der Waals surface area (Å²) < 4.78 is 23.6. The van der Waals surface area contributed by atoms with Gasteiger partial charge >= 0.3 is 0 Å². The zero-order chi connectivity index (χ0) is 13.1.